The number of nitrogens with zero attached hydrogens (tertiary/aromatic N) is 2. The van der Waals surface area contributed by atoms with Crippen molar-refractivity contribution in [1.82, 2.24) is 10.2 Å². The van der Waals surface area contributed by atoms with Crippen LogP contribution in [0.4, 0.5) is 20.9 Å². The molecule has 6 nitrogen and oxygen atoms in total. The summed E-state index contributed by atoms with van der Waals surface area (Å²) in [6.07, 6.45) is 0. The van der Waals surface area contributed by atoms with Crippen LogP contribution in [0.1, 0.15) is 13.8 Å². The van der Waals surface area contributed by atoms with Crippen molar-refractivity contribution in [2.24, 2.45) is 0 Å². The minimum atomic E-state index is -0.463. The van der Waals surface area contributed by atoms with Gasteiger partial charge in [0.05, 0.1) is 28.3 Å². The van der Waals surface area contributed by atoms with Crippen molar-refractivity contribution in [3.05, 3.63) is 53.3 Å². The van der Waals surface area contributed by atoms with Gasteiger partial charge in [-0.1, -0.05) is 46.8 Å². The molecule has 1 amide bonds. The molecule has 0 saturated carbocycles. The number of carbonyl (C=O) groups excluding carboxylic acids is 1. The molecule has 10 heteroatoms. The van der Waals surface area contributed by atoms with Crippen LogP contribution >= 0.6 is 34.7 Å². The number of hydrogen-bond acceptors (Lipinski definition) is 7. The Morgan fingerprint density at radius 2 is 2.07 bits per heavy atom. The normalized spacial score (nSPS) is 11.7. The lowest BCUT2D eigenvalue weighted by Gasteiger charge is -2.11. The fourth-order valence-electron chi connectivity index (χ4n) is 2.30. The van der Waals surface area contributed by atoms with Crippen LogP contribution < -0.4 is 15.4 Å². The molecule has 0 spiro atoms. The first-order valence-electron chi connectivity index (χ1n) is 8.71. The number of ether oxygens (including phenoxy) is 1. The van der Waals surface area contributed by atoms with E-state index in [2.05, 4.69) is 20.8 Å². The smallest absolute Gasteiger partial charge is 0.237 e. The van der Waals surface area contributed by atoms with Crippen LogP contribution in [0.2, 0.25) is 5.02 Å². The second-order valence-corrected chi connectivity index (χ2v) is 8.77. The fraction of sp³-hybridized carbons (Fsp3) is 0.211. The molecule has 1 aromatic heterocycles. The molecule has 0 fully saturated rings. The van der Waals surface area contributed by atoms with E-state index in [1.165, 1.54) is 35.2 Å². The summed E-state index contributed by atoms with van der Waals surface area (Å²) in [5, 5.41) is 14.4. The van der Waals surface area contributed by atoms with Crippen molar-refractivity contribution in [3.8, 4) is 5.75 Å². The first-order valence-corrected chi connectivity index (χ1v) is 10.8. The van der Waals surface area contributed by atoms with Gasteiger partial charge in [-0.05, 0) is 44.2 Å². The molecule has 152 valence electrons. The zero-order valence-corrected chi connectivity index (χ0v) is 18.0. The molecule has 0 aliphatic carbocycles. The van der Waals surface area contributed by atoms with E-state index in [0.717, 1.165) is 17.5 Å². The van der Waals surface area contributed by atoms with E-state index >= 15 is 0 Å². The lowest BCUT2D eigenvalue weighted by molar-refractivity contribution is -0.115. The monoisotopic (exact) mass is 452 g/mol. The molecular weight excluding hydrogens is 435 g/mol. The molecule has 2 aromatic carbocycles. The van der Waals surface area contributed by atoms with Crippen LogP contribution in [-0.4, -0.2) is 28.0 Å². The van der Waals surface area contributed by atoms with Gasteiger partial charge >= 0.3 is 0 Å². The number of para-hydroxylation sites is 2. The summed E-state index contributed by atoms with van der Waals surface area (Å²) in [5.41, 5.74) is 1.15. The lowest BCUT2D eigenvalue weighted by Crippen LogP contribution is -2.22. The molecular formula is C19H18ClFN4O2S2. The number of halogens is 2. The van der Waals surface area contributed by atoms with E-state index < -0.39 is 11.1 Å². The molecule has 1 unspecified atom stereocenters. The third-order valence-corrected chi connectivity index (χ3v) is 6.01. The Hall–Kier alpha value is -2.36. The maximum absolute atomic E-state index is 13.1. The van der Waals surface area contributed by atoms with E-state index in [4.69, 9.17) is 16.3 Å². The standard InChI is InChI=1S/C19H18ClFN4O2S2/c1-3-27-16-7-5-4-6-15(16)23-18-24-25-19(29-18)28-11(2)17(26)22-14-9-8-12(21)10-13(14)20/h4-11H,3H2,1-2H3,(H,22,26)(H,23,24). The highest BCUT2D eigenvalue weighted by molar-refractivity contribution is 8.02. The van der Waals surface area contributed by atoms with Gasteiger partial charge in [0.25, 0.3) is 0 Å². The minimum Gasteiger partial charge on any atom is -0.492 e. The van der Waals surface area contributed by atoms with Gasteiger partial charge < -0.3 is 15.4 Å². The van der Waals surface area contributed by atoms with Crippen LogP contribution in [0.25, 0.3) is 0 Å². The molecule has 3 rings (SSSR count). The zero-order chi connectivity index (χ0) is 20.8. The van der Waals surface area contributed by atoms with Gasteiger partial charge in [0.2, 0.25) is 11.0 Å². The fourth-order valence-corrected chi connectivity index (χ4v) is 4.43. The SMILES string of the molecule is CCOc1ccccc1Nc1nnc(SC(C)C(=O)Nc2ccc(F)cc2Cl)s1. The Morgan fingerprint density at radius 3 is 2.83 bits per heavy atom. The Balaban J connectivity index is 1.61. The first kappa shape index (κ1) is 21.4. The Bertz CT molecular complexity index is 1000. The van der Waals surface area contributed by atoms with Crippen molar-refractivity contribution in [3.63, 3.8) is 0 Å². The highest BCUT2D eigenvalue weighted by Gasteiger charge is 2.19. The predicted molar refractivity (Wildman–Crippen MR) is 116 cm³/mol. The second kappa shape index (κ2) is 9.91. The number of aromatic nitrogens is 2. The summed E-state index contributed by atoms with van der Waals surface area (Å²) in [5.74, 6) is -0.00606. The number of rotatable bonds is 8. The molecule has 29 heavy (non-hydrogen) atoms. The van der Waals surface area contributed by atoms with Crippen molar-refractivity contribution < 1.29 is 13.9 Å². The minimum absolute atomic E-state index is 0.144. The summed E-state index contributed by atoms with van der Waals surface area (Å²) in [7, 11) is 0. The van der Waals surface area contributed by atoms with E-state index in [0.29, 0.717) is 21.8 Å². The van der Waals surface area contributed by atoms with Gasteiger partial charge in [-0.15, -0.1) is 10.2 Å². The van der Waals surface area contributed by atoms with Crippen LogP contribution in [0, 0.1) is 5.82 Å². The molecule has 0 radical (unpaired) electrons. The first-order chi connectivity index (χ1) is 14.0. The molecule has 3 aromatic rings. The third kappa shape index (κ3) is 5.81. The molecule has 2 N–H and O–H groups in total. The van der Waals surface area contributed by atoms with Gasteiger partial charge in [0.15, 0.2) is 4.34 Å². The van der Waals surface area contributed by atoms with Gasteiger partial charge in [-0.25, -0.2) is 4.39 Å². The zero-order valence-electron chi connectivity index (χ0n) is 15.6. The second-order valence-electron chi connectivity index (χ2n) is 5.80. The number of anilines is 3. The van der Waals surface area contributed by atoms with Crippen molar-refractivity contribution in [2.75, 3.05) is 17.2 Å². The predicted octanol–water partition coefficient (Wildman–Crippen LogP) is 5.59. The number of thioether (sulfide) groups is 1. The maximum atomic E-state index is 13.1. The molecule has 1 atom stereocenters. The molecule has 0 saturated heterocycles. The Labute approximate surface area is 180 Å². The van der Waals surface area contributed by atoms with Crippen LogP contribution in [0.15, 0.2) is 46.8 Å². The molecule has 0 aliphatic rings. The number of nitrogens with one attached hydrogen (secondary N) is 2. The quantitative estimate of drug-likeness (QED) is 0.434. The highest BCUT2D eigenvalue weighted by Crippen LogP contribution is 2.33. The number of amides is 1. The maximum Gasteiger partial charge on any atom is 0.237 e. The van der Waals surface area contributed by atoms with Crippen LogP contribution in [0.3, 0.4) is 0 Å². The number of carbonyl (C=O) groups is 1. The third-order valence-electron chi connectivity index (χ3n) is 3.67. The van der Waals surface area contributed by atoms with E-state index in [9.17, 15) is 9.18 Å². The summed E-state index contributed by atoms with van der Waals surface area (Å²) < 4.78 is 19.3. The van der Waals surface area contributed by atoms with Crippen molar-refractivity contribution >= 4 is 57.1 Å². The van der Waals surface area contributed by atoms with Crippen molar-refractivity contribution in [1.29, 1.82) is 0 Å². The topological polar surface area (TPSA) is 76.1 Å². The summed E-state index contributed by atoms with van der Waals surface area (Å²) in [6, 6.07) is 11.4. The largest absolute Gasteiger partial charge is 0.492 e. The van der Waals surface area contributed by atoms with Gasteiger partial charge in [-0.3, -0.25) is 4.79 Å². The van der Waals surface area contributed by atoms with Gasteiger partial charge in [0.1, 0.15) is 11.6 Å². The molecule has 1 heterocycles. The van der Waals surface area contributed by atoms with E-state index in [1.54, 1.807) is 6.92 Å². The van der Waals surface area contributed by atoms with E-state index in [1.807, 2.05) is 31.2 Å². The number of hydrogen-bond donors (Lipinski definition) is 2. The summed E-state index contributed by atoms with van der Waals surface area (Å²) >= 11 is 8.55. The average Bonchev–Trinajstić information content (AvgIpc) is 3.12. The van der Waals surface area contributed by atoms with E-state index in [-0.39, 0.29) is 10.9 Å². The molecule has 0 bridgehead atoms. The summed E-state index contributed by atoms with van der Waals surface area (Å²) in [6.45, 7) is 4.22. The van der Waals surface area contributed by atoms with Crippen LogP contribution in [0.5, 0.6) is 5.75 Å². The van der Waals surface area contributed by atoms with Gasteiger partial charge in [-0.2, -0.15) is 0 Å². The van der Waals surface area contributed by atoms with Gasteiger partial charge in [0, 0.05) is 0 Å². The average molecular weight is 453 g/mol. The number of benzene rings is 2. The summed E-state index contributed by atoms with van der Waals surface area (Å²) in [4.78, 5) is 12.4. The van der Waals surface area contributed by atoms with Crippen molar-refractivity contribution in [2.45, 2.75) is 23.4 Å². The Kier molecular flexibility index (Phi) is 7.29. The Morgan fingerprint density at radius 1 is 1.28 bits per heavy atom. The lowest BCUT2D eigenvalue weighted by atomic mass is 10.3. The molecule has 0 aliphatic heterocycles. The van der Waals surface area contributed by atoms with Crippen LogP contribution in [-0.2, 0) is 4.79 Å². The highest BCUT2D eigenvalue weighted by atomic mass is 35.5.